The molecule has 20 heavy (non-hydrogen) atoms. The molecular weight excluding hydrogens is 272 g/mol. The second-order valence-corrected chi connectivity index (χ2v) is 6.38. The largest absolute Gasteiger partial charge is 0.387 e. The highest BCUT2D eigenvalue weighted by Crippen LogP contribution is 2.21. The Kier molecular flexibility index (Phi) is 5.89. The predicted molar refractivity (Wildman–Crippen MR) is 86.7 cm³/mol. The first kappa shape index (κ1) is 16.9. The van der Waals surface area contributed by atoms with Gasteiger partial charge in [-0.2, -0.15) is 11.8 Å². The van der Waals surface area contributed by atoms with Crippen LogP contribution in [0.25, 0.3) is 0 Å². The molecule has 0 aliphatic rings. The molecule has 1 unspecified atom stereocenters. The molecule has 0 bridgehead atoms. The molecule has 112 valence electrons. The Balaban J connectivity index is 2.64. The summed E-state index contributed by atoms with van der Waals surface area (Å²) < 4.78 is 0. The van der Waals surface area contributed by atoms with Crippen LogP contribution in [0.1, 0.15) is 23.6 Å². The lowest BCUT2D eigenvalue weighted by Gasteiger charge is -2.23. The van der Waals surface area contributed by atoms with Gasteiger partial charge in [-0.05, 0) is 45.1 Å². The SMILES string of the molecule is CSCC(C)(O)CNC(=O)Nc1c(C)cc(C)cc1C. The number of hydrogen-bond acceptors (Lipinski definition) is 3. The predicted octanol–water partition coefficient (Wildman–Crippen LogP) is 2.85. The number of carbonyl (C=O) groups excluding carboxylic acids is 1. The second kappa shape index (κ2) is 6.99. The molecule has 1 aromatic carbocycles. The monoisotopic (exact) mass is 296 g/mol. The maximum Gasteiger partial charge on any atom is 0.319 e. The van der Waals surface area contributed by atoms with Crippen LogP contribution in [0.15, 0.2) is 12.1 Å². The first-order valence-corrected chi connectivity index (χ1v) is 7.98. The number of urea groups is 1. The van der Waals surface area contributed by atoms with Gasteiger partial charge in [0.1, 0.15) is 0 Å². The Bertz CT molecular complexity index is 464. The third-order valence-electron chi connectivity index (χ3n) is 3.00. The number of hydrogen-bond donors (Lipinski definition) is 3. The highest BCUT2D eigenvalue weighted by atomic mass is 32.2. The Hall–Kier alpha value is -1.20. The lowest BCUT2D eigenvalue weighted by molar-refractivity contribution is 0.0876. The van der Waals surface area contributed by atoms with E-state index in [9.17, 15) is 9.90 Å². The standard InChI is InChI=1S/C15H24N2O2S/c1-10-6-11(2)13(12(3)7-10)17-14(18)16-8-15(4,19)9-20-5/h6-7,19H,8-9H2,1-5H3,(H2,16,17,18). The van der Waals surface area contributed by atoms with Gasteiger partial charge in [0.15, 0.2) is 0 Å². The zero-order valence-corrected chi connectivity index (χ0v) is 13.6. The molecule has 2 amide bonds. The zero-order valence-electron chi connectivity index (χ0n) is 12.8. The summed E-state index contributed by atoms with van der Waals surface area (Å²) >= 11 is 1.55. The van der Waals surface area contributed by atoms with E-state index in [2.05, 4.69) is 10.6 Å². The van der Waals surface area contributed by atoms with Crippen molar-refractivity contribution in [1.82, 2.24) is 5.32 Å². The smallest absolute Gasteiger partial charge is 0.319 e. The average Bonchev–Trinajstić information content (AvgIpc) is 2.31. The summed E-state index contributed by atoms with van der Waals surface area (Å²) in [6.45, 7) is 7.91. The number of aryl methyl sites for hydroxylation is 3. The number of aliphatic hydroxyl groups is 1. The lowest BCUT2D eigenvalue weighted by Crippen LogP contribution is -2.44. The fourth-order valence-electron chi connectivity index (χ4n) is 2.17. The van der Waals surface area contributed by atoms with Crippen molar-refractivity contribution in [2.24, 2.45) is 0 Å². The van der Waals surface area contributed by atoms with Crippen molar-refractivity contribution in [3.8, 4) is 0 Å². The van der Waals surface area contributed by atoms with Crippen LogP contribution < -0.4 is 10.6 Å². The topological polar surface area (TPSA) is 61.4 Å². The van der Waals surface area contributed by atoms with E-state index in [4.69, 9.17) is 0 Å². The molecule has 0 saturated heterocycles. The van der Waals surface area contributed by atoms with E-state index in [0.717, 1.165) is 16.8 Å². The normalized spacial score (nSPS) is 13.7. The molecule has 5 heteroatoms. The van der Waals surface area contributed by atoms with Crippen molar-refractivity contribution in [3.63, 3.8) is 0 Å². The Morgan fingerprint density at radius 3 is 2.35 bits per heavy atom. The minimum absolute atomic E-state index is 0.226. The summed E-state index contributed by atoms with van der Waals surface area (Å²) in [6, 6.07) is 3.78. The molecule has 3 N–H and O–H groups in total. The maximum atomic E-state index is 11.9. The number of thioether (sulfide) groups is 1. The van der Waals surface area contributed by atoms with Crippen LogP contribution in [0, 0.1) is 20.8 Å². The van der Waals surface area contributed by atoms with Gasteiger partial charge in [-0.1, -0.05) is 17.7 Å². The van der Waals surface area contributed by atoms with Gasteiger partial charge >= 0.3 is 6.03 Å². The molecule has 0 radical (unpaired) electrons. The Morgan fingerprint density at radius 2 is 1.85 bits per heavy atom. The van der Waals surface area contributed by atoms with Crippen molar-refractivity contribution < 1.29 is 9.90 Å². The lowest BCUT2D eigenvalue weighted by atomic mass is 10.1. The van der Waals surface area contributed by atoms with Gasteiger partial charge in [0.05, 0.1) is 5.60 Å². The summed E-state index contributed by atoms with van der Waals surface area (Å²) in [6.07, 6.45) is 1.92. The molecule has 0 heterocycles. The van der Waals surface area contributed by atoms with Crippen LogP contribution in [0.5, 0.6) is 0 Å². The van der Waals surface area contributed by atoms with Crippen molar-refractivity contribution >= 4 is 23.5 Å². The summed E-state index contributed by atoms with van der Waals surface area (Å²) in [5, 5.41) is 15.6. The van der Waals surface area contributed by atoms with Crippen molar-refractivity contribution in [2.75, 3.05) is 23.9 Å². The van der Waals surface area contributed by atoms with Crippen LogP contribution in [0.4, 0.5) is 10.5 Å². The van der Waals surface area contributed by atoms with Gasteiger partial charge < -0.3 is 15.7 Å². The molecule has 0 aliphatic carbocycles. The fourth-order valence-corrected chi connectivity index (χ4v) is 2.89. The number of benzene rings is 1. The summed E-state index contributed by atoms with van der Waals surface area (Å²) in [4.78, 5) is 11.9. The highest BCUT2D eigenvalue weighted by molar-refractivity contribution is 7.98. The van der Waals surface area contributed by atoms with E-state index in [1.807, 2.05) is 39.2 Å². The molecule has 0 fully saturated rings. The van der Waals surface area contributed by atoms with Gasteiger partial charge in [0, 0.05) is 18.0 Å². The van der Waals surface area contributed by atoms with E-state index >= 15 is 0 Å². The van der Waals surface area contributed by atoms with Gasteiger partial charge in [0.25, 0.3) is 0 Å². The molecule has 4 nitrogen and oxygen atoms in total. The minimum atomic E-state index is -0.895. The quantitative estimate of drug-likeness (QED) is 0.783. The van der Waals surface area contributed by atoms with Crippen LogP contribution in [-0.2, 0) is 0 Å². The highest BCUT2D eigenvalue weighted by Gasteiger charge is 2.20. The van der Waals surface area contributed by atoms with Gasteiger partial charge in [-0.25, -0.2) is 4.79 Å². The summed E-state index contributed by atoms with van der Waals surface area (Å²) in [5.41, 5.74) is 3.18. The average molecular weight is 296 g/mol. The molecule has 0 saturated carbocycles. The maximum absolute atomic E-state index is 11.9. The number of anilines is 1. The van der Waals surface area contributed by atoms with E-state index in [1.54, 1.807) is 18.7 Å². The molecule has 1 rings (SSSR count). The number of carbonyl (C=O) groups is 1. The van der Waals surface area contributed by atoms with Gasteiger partial charge in [0.2, 0.25) is 0 Å². The van der Waals surface area contributed by atoms with Crippen LogP contribution in [0.3, 0.4) is 0 Å². The zero-order chi connectivity index (χ0) is 15.3. The van der Waals surface area contributed by atoms with Crippen molar-refractivity contribution in [3.05, 3.63) is 28.8 Å². The number of nitrogens with one attached hydrogen (secondary N) is 2. The van der Waals surface area contributed by atoms with Gasteiger partial charge in [-0.15, -0.1) is 0 Å². The molecular formula is C15H24N2O2S. The molecule has 1 aromatic rings. The Morgan fingerprint density at radius 1 is 1.30 bits per heavy atom. The van der Waals surface area contributed by atoms with Crippen LogP contribution >= 0.6 is 11.8 Å². The second-order valence-electron chi connectivity index (χ2n) is 5.51. The fraction of sp³-hybridized carbons (Fsp3) is 0.533. The first-order chi connectivity index (χ1) is 9.25. The number of amides is 2. The minimum Gasteiger partial charge on any atom is -0.387 e. The van der Waals surface area contributed by atoms with Crippen molar-refractivity contribution in [1.29, 1.82) is 0 Å². The molecule has 0 aliphatic heterocycles. The summed E-state index contributed by atoms with van der Waals surface area (Å²) in [5.74, 6) is 0.579. The van der Waals surface area contributed by atoms with Crippen molar-refractivity contribution in [2.45, 2.75) is 33.3 Å². The third-order valence-corrected chi connectivity index (χ3v) is 3.91. The molecule has 0 spiro atoms. The third kappa shape index (κ3) is 5.06. The van der Waals surface area contributed by atoms with Crippen LogP contribution in [0.2, 0.25) is 0 Å². The van der Waals surface area contributed by atoms with E-state index in [0.29, 0.717) is 5.75 Å². The first-order valence-electron chi connectivity index (χ1n) is 6.59. The number of rotatable bonds is 5. The van der Waals surface area contributed by atoms with Crippen LogP contribution in [-0.4, -0.2) is 35.3 Å². The van der Waals surface area contributed by atoms with Gasteiger partial charge in [-0.3, -0.25) is 0 Å². The van der Waals surface area contributed by atoms with E-state index < -0.39 is 5.60 Å². The summed E-state index contributed by atoms with van der Waals surface area (Å²) in [7, 11) is 0. The Labute approximate surface area is 125 Å². The van der Waals surface area contributed by atoms with E-state index in [-0.39, 0.29) is 12.6 Å². The van der Waals surface area contributed by atoms with E-state index in [1.165, 1.54) is 5.56 Å². The molecule has 1 atom stereocenters. The molecule has 0 aromatic heterocycles.